The Morgan fingerprint density at radius 2 is 1.64 bits per heavy atom. The van der Waals surface area contributed by atoms with Gasteiger partial charge in [0.2, 0.25) is 0 Å². The Balaban J connectivity index is 0.000000980. The van der Waals surface area contributed by atoms with Crippen molar-refractivity contribution in [2.24, 2.45) is 0 Å². The SMILES string of the molecule is [CH2-]S(=O)c1cccc2ccccc12.[Li+]. The van der Waals surface area contributed by atoms with Crippen molar-refractivity contribution in [3.05, 3.63) is 48.7 Å². The topological polar surface area (TPSA) is 17.1 Å². The predicted octanol–water partition coefficient (Wildman–Crippen LogP) is -0.257. The fraction of sp³-hybridized carbons (Fsp3) is 0. The molecule has 0 amide bonds. The number of rotatable bonds is 1. The molecule has 2 rings (SSSR count). The summed E-state index contributed by atoms with van der Waals surface area (Å²) in [5.41, 5.74) is 0. The van der Waals surface area contributed by atoms with Gasteiger partial charge in [-0.2, -0.15) is 0 Å². The third-order valence-electron chi connectivity index (χ3n) is 1.99. The first-order valence-electron chi connectivity index (χ1n) is 3.98. The van der Waals surface area contributed by atoms with E-state index in [4.69, 9.17) is 0 Å². The molecule has 0 fully saturated rings. The van der Waals surface area contributed by atoms with Crippen LogP contribution in [0.2, 0.25) is 0 Å². The molecule has 0 saturated carbocycles. The van der Waals surface area contributed by atoms with Crippen LogP contribution < -0.4 is 18.9 Å². The zero-order valence-corrected chi connectivity index (χ0v) is 8.88. The molecule has 0 aromatic heterocycles. The second-order valence-electron chi connectivity index (χ2n) is 2.82. The van der Waals surface area contributed by atoms with Crippen molar-refractivity contribution in [3.63, 3.8) is 0 Å². The molecule has 14 heavy (non-hydrogen) atoms. The summed E-state index contributed by atoms with van der Waals surface area (Å²) in [4.78, 5) is 0.804. The van der Waals surface area contributed by atoms with Crippen LogP contribution in [0, 0.1) is 6.26 Å². The maximum Gasteiger partial charge on any atom is 1.00 e. The maximum absolute atomic E-state index is 11.3. The second-order valence-corrected chi connectivity index (χ2v) is 3.95. The number of fused-ring (bicyclic) bond motifs is 1. The molecule has 0 N–H and O–H groups in total. The molecule has 0 spiro atoms. The molecule has 0 aliphatic rings. The van der Waals surface area contributed by atoms with Gasteiger partial charge in [0.1, 0.15) is 0 Å². The monoisotopic (exact) mass is 196 g/mol. The van der Waals surface area contributed by atoms with Gasteiger partial charge in [0.25, 0.3) is 0 Å². The Kier molecular flexibility index (Phi) is 3.94. The molecule has 0 saturated heterocycles. The van der Waals surface area contributed by atoms with Gasteiger partial charge in [-0.15, -0.1) is 10.8 Å². The molecular formula is C11H9LiOS. The number of hydrogen-bond donors (Lipinski definition) is 0. The molecule has 0 bridgehead atoms. The first-order chi connectivity index (χ1) is 6.29. The van der Waals surface area contributed by atoms with Crippen molar-refractivity contribution in [2.75, 3.05) is 0 Å². The van der Waals surface area contributed by atoms with Crippen LogP contribution in [0.5, 0.6) is 0 Å². The minimum atomic E-state index is -1.15. The van der Waals surface area contributed by atoms with E-state index in [0.29, 0.717) is 0 Å². The third kappa shape index (κ3) is 2.09. The van der Waals surface area contributed by atoms with Gasteiger partial charge in [-0.1, -0.05) is 36.4 Å². The van der Waals surface area contributed by atoms with Crippen LogP contribution in [-0.2, 0) is 10.8 Å². The normalized spacial score (nSPS) is 12.1. The van der Waals surface area contributed by atoms with Gasteiger partial charge in [0.15, 0.2) is 0 Å². The van der Waals surface area contributed by atoms with E-state index in [9.17, 15) is 4.21 Å². The summed E-state index contributed by atoms with van der Waals surface area (Å²) in [6.07, 6.45) is 3.53. The molecule has 0 aliphatic heterocycles. The van der Waals surface area contributed by atoms with Crippen LogP contribution >= 0.6 is 0 Å². The molecule has 0 aliphatic carbocycles. The van der Waals surface area contributed by atoms with Crippen LogP contribution in [0.25, 0.3) is 10.8 Å². The van der Waals surface area contributed by atoms with Crippen molar-refractivity contribution in [3.8, 4) is 0 Å². The van der Waals surface area contributed by atoms with E-state index in [2.05, 4.69) is 6.26 Å². The Bertz CT molecular complexity index is 462. The summed E-state index contributed by atoms with van der Waals surface area (Å²) in [7, 11) is -1.15. The van der Waals surface area contributed by atoms with Gasteiger partial charge in [-0.3, -0.25) is 4.21 Å². The van der Waals surface area contributed by atoms with E-state index in [-0.39, 0.29) is 18.9 Å². The largest absolute Gasteiger partial charge is 1.00 e. The van der Waals surface area contributed by atoms with Crippen molar-refractivity contribution >= 4 is 21.6 Å². The zero-order valence-electron chi connectivity index (χ0n) is 8.07. The van der Waals surface area contributed by atoms with Crippen LogP contribution in [0.15, 0.2) is 47.4 Å². The second kappa shape index (κ2) is 4.79. The van der Waals surface area contributed by atoms with E-state index in [1.807, 2.05) is 42.5 Å². The molecular weight excluding hydrogens is 187 g/mol. The van der Waals surface area contributed by atoms with Crippen molar-refractivity contribution in [1.82, 2.24) is 0 Å². The van der Waals surface area contributed by atoms with E-state index >= 15 is 0 Å². The molecule has 1 atom stereocenters. The molecule has 66 valence electrons. The number of benzene rings is 2. The van der Waals surface area contributed by atoms with Gasteiger partial charge in [-0.05, 0) is 16.8 Å². The Morgan fingerprint density at radius 1 is 1.00 bits per heavy atom. The minimum absolute atomic E-state index is 0. The van der Waals surface area contributed by atoms with Crippen LogP contribution in [0.1, 0.15) is 0 Å². The number of hydrogen-bond acceptors (Lipinski definition) is 1. The standard InChI is InChI=1S/C11H9OS.Li/c1-13(12)11-8-4-6-9-5-2-3-7-10(9)11;/h2-8H,1H2;/q-1;+1. The van der Waals surface area contributed by atoms with Crippen LogP contribution in [0.4, 0.5) is 0 Å². The Hall–Kier alpha value is -0.553. The van der Waals surface area contributed by atoms with Crippen LogP contribution in [0.3, 0.4) is 0 Å². The molecule has 1 nitrogen and oxygen atoms in total. The summed E-state index contributed by atoms with van der Waals surface area (Å²) < 4.78 is 11.3. The van der Waals surface area contributed by atoms with E-state index in [1.54, 1.807) is 0 Å². The minimum Gasteiger partial charge on any atom is -0.290 e. The smallest absolute Gasteiger partial charge is 0.290 e. The summed E-state index contributed by atoms with van der Waals surface area (Å²) in [6.45, 7) is 0. The van der Waals surface area contributed by atoms with Crippen molar-refractivity contribution in [1.29, 1.82) is 0 Å². The van der Waals surface area contributed by atoms with Gasteiger partial charge in [-0.25, -0.2) is 6.26 Å². The molecule has 1 unspecified atom stereocenters. The molecule has 3 heteroatoms. The summed E-state index contributed by atoms with van der Waals surface area (Å²) in [5.74, 6) is 0. The van der Waals surface area contributed by atoms with Gasteiger partial charge in [0, 0.05) is 4.90 Å². The zero-order chi connectivity index (χ0) is 9.26. The summed E-state index contributed by atoms with van der Waals surface area (Å²) >= 11 is 0. The van der Waals surface area contributed by atoms with E-state index in [1.165, 1.54) is 0 Å². The van der Waals surface area contributed by atoms with E-state index < -0.39 is 10.8 Å². The Labute approximate surface area is 98.1 Å². The van der Waals surface area contributed by atoms with Gasteiger partial charge >= 0.3 is 18.9 Å². The first-order valence-corrected chi connectivity index (χ1v) is 5.30. The van der Waals surface area contributed by atoms with Gasteiger partial charge < -0.3 is 0 Å². The molecule has 0 radical (unpaired) electrons. The average Bonchev–Trinajstić information content (AvgIpc) is 2.17. The maximum atomic E-state index is 11.3. The van der Waals surface area contributed by atoms with E-state index in [0.717, 1.165) is 15.7 Å². The van der Waals surface area contributed by atoms with Crippen molar-refractivity contribution < 1.29 is 23.1 Å². The van der Waals surface area contributed by atoms with Gasteiger partial charge in [0.05, 0.1) is 0 Å². The van der Waals surface area contributed by atoms with Crippen LogP contribution in [-0.4, -0.2) is 4.21 Å². The average molecular weight is 196 g/mol. The fourth-order valence-corrected chi connectivity index (χ4v) is 2.06. The first kappa shape index (κ1) is 11.5. The summed E-state index contributed by atoms with van der Waals surface area (Å²) in [5, 5.41) is 2.13. The molecule has 2 aromatic carbocycles. The Morgan fingerprint density at radius 3 is 2.36 bits per heavy atom. The molecule has 2 aromatic rings. The quantitative estimate of drug-likeness (QED) is 0.454. The third-order valence-corrected chi connectivity index (χ3v) is 2.84. The summed E-state index contributed by atoms with van der Waals surface area (Å²) in [6, 6.07) is 13.6. The molecule has 0 heterocycles. The predicted molar refractivity (Wildman–Crippen MR) is 55.7 cm³/mol. The fourth-order valence-electron chi connectivity index (χ4n) is 1.39. The van der Waals surface area contributed by atoms with Crippen molar-refractivity contribution in [2.45, 2.75) is 4.90 Å².